The molecule has 0 bridgehead atoms. The molecule has 0 N–H and O–H groups in total. The molecule has 1 rings (SSSR count). The van der Waals surface area contributed by atoms with E-state index in [9.17, 15) is 0 Å². The molecule has 0 aromatic carbocycles. The first-order chi connectivity index (χ1) is 5.36. The molecule has 0 atom stereocenters. The van der Waals surface area contributed by atoms with E-state index in [4.69, 9.17) is 0 Å². The second-order valence-electron chi connectivity index (χ2n) is 1.95. The summed E-state index contributed by atoms with van der Waals surface area (Å²) in [5.74, 6) is 0. The van der Waals surface area contributed by atoms with Crippen LogP contribution in [0.5, 0.6) is 0 Å². The Hall–Kier alpha value is -0.830. The number of aliphatic imine (C=N–C) groups is 1. The van der Waals surface area contributed by atoms with E-state index in [0.717, 1.165) is 10.7 Å². The normalized spacial score (nSPS) is 10.7. The fourth-order valence-electron chi connectivity index (χ4n) is 0.719. The summed E-state index contributed by atoms with van der Waals surface area (Å²) in [6.07, 6.45) is 5.53. The Morgan fingerprint density at radius 2 is 2.36 bits per heavy atom. The molecule has 0 unspecified atom stereocenters. The molecule has 1 aromatic rings. The maximum absolute atomic E-state index is 4.16. The van der Waals surface area contributed by atoms with Crippen molar-refractivity contribution in [2.24, 2.45) is 4.99 Å². The van der Waals surface area contributed by atoms with Crippen LogP contribution in [-0.2, 0) is 0 Å². The topological polar surface area (TPSA) is 25.2 Å². The van der Waals surface area contributed by atoms with Crippen molar-refractivity contribution < 1.29 is 0 Å². The Morgan fingerprint density at radius 3 is 2.82 bits per heavy atom. The van der Waals surface area contributed by atoms with Gasteiger partial charge in [0, 0.05) is 6.21 Å². The van der Waals surface area contributed by atoms with Gasteiger partial charge in [-0.15, -0.1) is 11.8 Å². The van der Waals surface area contributed by atoms with Gasteiger partial charge < -0.3 is 0 Å². The number of nitrogens with zero attached hydrogens (tertiary/aromatic N) is 2. The Labute approximate surface area is 70.8 Å². The van der Waals surface area contributed by atoms with Gasteiger partial charge in [0.2, 0.25) is 0 Å². The predicted molar refractivity (Wildman–Crippen MR) is 49.8 cm³/mol. The molecule has 0 spiro atoms. The van der Waals surface area contributed by atoms with Gasteiger partial charge in [-0.3, -0.25) is 4.99 Å². The van der Waals surface area contributed by atoms with Crippen LogP contribution in [0.4, 0.5) is 5.69 Å². The molecule has 0 aliphatic carbocycles. The molecule has 1 aromatic heterocycles. The van der Waals surface area contributed by atoms with Gasteiger partial charge in [0.25, 0.3) is 0 Å². The van der Waals surface area contributed by atoms with Crippen molar-refractivity contribution >= 4 is 23.7 Å². The van der Waals surface area contributed by atoms with Gasteiger partial charge in [-0.05, 0) is 25.3 Å². The van der Waals surface area contributed by atoms with Crippen LogP contribution in [0.1, 0.15) is 6.92 Å². The number of pyridine rings is 1. The minimum absolute atomic E-state index is 0.908. The minimum Gasteiger partial charge on any atom is -0.260 e. The predicted octanol–water partition coefficient (Wildman–Crippen LogP) is 2.53. The molecule has 0 fully saturated rings. The van der Waals surface area contributed by atoms with Crippen LogP contribution in [0.25, 0.3) is 0 Å². The van der Waals surface area contributed by atoms with Crippen molar-refractivity contribution in [2.45, 2.75) is 11.9 Å². The maximum atomic E-state index is 4.16. The highest BCUT2D eigenvalue weighted by atomic mass is 32.2. The van der Waals surface area contributed by atoms with Gasteiger partial charge in [-0.2, -0.15) is 0 Å². The summed E-state index contributed by atoms with van der Waals surface area (Å²) in [7, 11) is 0. The lowest BCUT2D eigenvalue weighted by molar-refractivity contribution is 1.13. The first kappa shape index (κ1) is 8.27. The number of hydrogen-bond acceptors (Lipinski definition) is 3. The summed E-state index contributed by atoms with van der Waals surface area (Å²) >= 11 is 1.63. The lowest BCUT2D eigenvalue weighted by atomic mass is 10.4. The summed E-state index contributed by atoms with van der Waals surface area (Å²) < 4.78 is 0. The second-order valence-corrected chi connectivity index (χ2v) is 2.77. The number of hydrogen-bond donors (Lipinski definition) is 0. The summed E-state index contributed by atoms with van der Waals surface area (Å²) in [4.78, 5) is 8.25. The van der Waals surface area contributed by atoms with E-state index in [0.29, 0.717) is 0 Å². The van der Waals surface area contributed by atoms with E-state index >= 15 is 0 Å². The SMILES string of the molecule is CC=Nc1ccc(SC)nc1. The van der Waals surface area contributed by atoms with Crippen molar-refractivity contribution in [3.05, 3.63) is 18.3 Å². The molecular formula is C8H10N2S. The standard InChI is InChI=1S/C8H10N2S/c1-3-9-7-4-5-8(11-2)10-6-7/h3-6H,1-2H3. The average molecular weight is 166 g/mol. The largest absolute Gasteiger partial charge is 0.260 e. The van der Waals surface area contributed by atoms with Crippen molar-refractivity contribution in [2.75, 3.05) is 6.26 Å². The van der Waals surface area contributed by atoms with Crippen LogP contribution in [-0.4, -0.2) is 17.5 Å². The van der Waals surface area contributed by atoms with Gasteiger partial charge in [0.15, 0.2) is 0 Å². The smallest absolute Gasteiger partial charge is 0.0958 e. The fraction of sp³-hybridized carbons (Fsp3) is 0.250. The fourth-order valence-corrected chi connectivity index (χ4v) is 1.08. The molecule has 0 saturated carbocycles. The zero-order chi connectivity index (χ0) is 8.10. The van der Waals surface area contributed by atoms with Crippen LogP contribution in [0.2, 0.25) is 0 Å². The van der Waals surface area contributed by atoms with Gasteiger partial charge >= 0.3 is 0 Å². The number of rotatable bonds is 2. The lowest BCUT2D eigenvalue weighted by Gasteiger charge is -1.94. The second kappa shape index (κ2) is 4.13. The van der Waals surface area contributed by atoms with Crippen molar-refractivity contribution in [3.63, 3.8) is 0 Å². The molecule has 58 valence electrons. The third-order valence-corrected chi connectivity index (χ3v) is 1.87. The van der Waals surface area contributed by atoms with Crippen LogP contribution in [0.15, 0.2) is 28.3 Å². The molecular weight excluding hydrogens is 156 g/mol. The van der Waals surface area contributed by atoms with Crippen molar-refractivity contribution in [1.29, 1.82) is 0 Å². The summed E-state index contributed by atoms with van der Waals surface area (Å²) in [6.45, 7) is 1.89. The highest BCUT2D eigenvalue weighted by Gasteiger charge is 1.90. The molecule has 0 radical (unpaired) electrons. The maximum Gasteiger partial charge on any atom is 0.0958 e. The summed E-state index contributed by atoms with van der Waals surface area (Å²) in [5.41, 5.74) is 0.908. The highest BCUT2D eigenvalue weighted by molar-refractivity contribution is 7.98. The van der Waals surface area contributed by atoms with Gasteiger partial charge in [0.05, 0.1) is 16.9 Å². The van der Waals surface area contributed by atoms with Crippen molar-refractivity contribution in [3.8, 4) is 0 Å². The van der Waals surface area contributed by atoms with E-state index in [1.54, 1.807) is 24.2 Å². The van der Waals surface area contributed by atoms with Crippen LogP contribution in [0, 0.1) is 0 Å². The lowest BCUT2D eigenvalue weighted by Crippen LogP contribution is -1.75. The van der Waals surface area contributed by atoms with Crippen LogP contribution in [0.3, 0.4) is 0 Å². The molecule has 0 amide bonds. The van der Waals surface area contributed by atoms with Crippen molar-refractivity contribution in [1.82, 2.24) is 4.98 Å². The zero-order valence-corrected chi connectivity index (χ0v) is 7.43. The van der Waals surface area contributed by atoms with E-state index < -0.39 is 0 Å². The number of aromatic nitrogens is 1. The molecule has 0 saturated heterocycles. The minimum atomic E-state index is 0.908. The molecule has 3 heteroatoms. The van der Waals surface area contributed by atoms with Gasteiger partial charge in [0.1, 0.15) is 0 Å². The van der Waals surface area contributed by atoms with E-state index in [1.807, 2.05) is 25.3 Å². The Kier molecular flexibility index (Phi) is 3.11. The first-order valence-corrected chi connectivity index (χ1v) is 4.58. The van der Waals surface area contributed by atoms with Gasteiger partial charge in [-0.25, -0.2) is 4.98 Å². The zero-order valence-electron chi connectivity index (χ0n) is 6.61. The molecule has 11 heavy (non-hydrogen) atoms. The Balaban J connectivity index is 2.82. The van der Waals surface area contributed by atoms with E-state index in [1.165, 1.54) is 0 Å². The Bertz CT molecular complexity index is 241. The van der Waals surface area contributed by atoms with Gasteiger partial charge in [-0.1, -0.05) is 0 Å². The molecule has 0 aliphatic heterocycles. The third kappa shape index (κ3) is 2.35. The summed E-state index contributed by atoms with van der Waals surface area (Å²) in [6, 6.07) is 3.92. The number of thioether (sulfide) groups is 1. The Morgan fingerprint density at radius 1 is 1.55 bits per heavy atom. The van der Waals surface area contributed by atoms with Crippen LogP contribution >= 0.6 is 11.8 Å². The first-order valence-electron chi connectivity index (χ1n) is 3.35. The van der Waals surface area contributed by atoms with E-state index in [2.05, 4.69) is 9.98 Å². The molecule has 2 nitrogen and oxygen atoms in total. The van der Waals surface area contributed by atoms with Crippen LogP contribution < -0.4 is 0 Å². The summed E-state index contributed by atoms with van der Waals surface area (Å²) in [5, 5.41) is 1.03. The quantitative estimate of drug-likeness (QED) is 0.498. The molecule has 1 heterocycles. The monoisotopic (exact) mass is 166 g/mol. The molecule has 0 aliphatic rings. The highest BCUT2D eigenvalue weighted by Crippen LogP contribution is 2.15. The third-order valence-electron chi connectivity index (χ3n) is 1.21. The average Bonchev–Trinajstić information content (AvgIpc) is 2.07. The van der Waals surface area contributed by atoms with E-state index in [-0.39, 0.29) is 0 Å².